The van der Waals surface area contributed by atoms with E-state index >= 15 is 0 Å². The number of morpholine rings is 1. The molecule has 1 N–H and O–H groups in total. The maximum atomic E-state index is 12.0. The highest BCUT2D eigenvalue weighted by molar-refractivity contribution is 5.35. The molecule has 2 aromatic rings. The fourth-order valence-electron chi connectivity index (χ4n) is 4.17. The van der Waals surface area contributed by atoms with E-state index in [1.807, 2.05) is 37.3 Å². The van der Waals surface area contributed by atoms with Crippen LogP contribution >= 0.6 is 0 Å². The summed E-state index contributed by atoms with van der Waals surface area (Å²) in [7, 11) is 0. The predicted molar refractivity (Wildman–Crippen MR) is 113 cm³/mol. The molecular weight excluding hydrogens is 350 g/mol. The van der Waals surface area contributed by atoms with Gasteiger partial charge in [0.25, 0.3) is 0 Å². The third-order valence-electron chi connectivity index (χ3n) is 5.62. The summed E-state index contributed by atoms with van der Waals surface area (Å²) in [5, 5.41) is 12.0. The predicted octanol–water partition coefficient (Wildman–Crippen LogP) is 4.19. The molecule has 1 aliphatic rings. The Hall–Kier alpha value is -1.88. The van der Waals surface area contributed by atoms with Gasteiger partial charge in [0.2, 0.25) is 0 Å². The fraction of sp³-hybridized carbons (Fsp3) is 0.500. The number of hydrogen-bond donors (Lipinski definition) is 1. The lowest BCUT2D eigenvalue weighted by molar-refractivity contribution is -0.0285. The zero-order chi connectivity index (χ0) is 19.8. The summed E-state index contributed by atoms with van der Waals surface area (Å²) in [6.07, 6.45) is 1.63. The summed E-state index contributed by atoms with van der Waals surface area (Å²) < 4.78 is 11.1. The number of rotatable bonds is 9. The lowest BCUT2D eigenvalue weighted by atomic mass is 9.74. The molecule has 0 aliphatic carbocycles. The van der Waals surface area contributed by atoms with Gasteiger partial charge in [-0.2, -0.15) is 0 Å². The molecule has 4 nitrogen and oxygen atoms in total. The third-order valence-corrected chi connectivity index (χ3v) is 5.62. The van der Waals surface area contributed by atoms with Gasteiger partial charge in [-0.3, -0.25) is 4.90 Å². The van der Waals surface area contributed by atoms with Crippen LogP contribution in [0.15, 0.2) is 54.6 Å². The fourth-order valence-corrected chi connectivity index (χ4v) is 4.17. The normalized spacial score (nSPS) is 18.4. The topological polar surface area (TPSA) is 41.9 Å². The van der Waals surface area contributed by atoms with Gasteiger partial charge in [-0.15, -0.1) is 0 Å². The van der Waals surface area contributed by atoms with Gasteiger partial charge >= 0.3 is 0 Å². The number of ether oxygens (including phenoxy) is 2. The van der Waals surface area contributed by atoms with E-state index in [2.05, 4.69) is 36.1 Å². The Morgan fingerprint density at radius 2 is 1.71 bits per heavy atom. The third kappa shape index (κ3) is 4.93. The van der Waals surface area contributed by atoms with E-state index in [-0.39, 0.29) is 5.92 Å². The summed E-state index contributed by atoms with van der Waals surface area (Å²) in [5.41, 5.74) is 1.21. The van der Waals surface area contributed by atoms with Crippen molar-refractivity contribution >= 4 is 0 Å². The van der Waals surface area contributed by atoms with Crippen molar-refractivity contribution < 1.29 is 14.6 Å². The van der Waals surface area contributed by atoms with Crippen molar-refractivity contribution in [2.75, 3.05) is 39.5 Å². The zero-order valence-electron chi connectivity index (χ0n) is 17.1. The first-order chi connectivity index (χ1) is 13.7. The van der Waals surface area contributed by atoms with E-state index in [9.17, 15) is 5.11 Å². The van der Waals surface area contributed by atoms with Crippen LogP contribution in [0.5, 0.6) is 5.75 Å². The molecule has 0 aromatic heterocycles. The minimum Gasteiger partial charge on any atom is -0.494 e. The molecule has 152 valence electrons. The number of nitrogens with zero attached hydrogens (tertiary/aromatic N) is 1. The van der Waals surface area contributed by atoms with Crippen LogP contribution in [0.25, 0.3) is 0 Å². The molecule has 1 aliphatic heterocycles. The molecule has 1 saturated heterocycles. The smallest absolute Gasteiger partial charge is 0.119 e. The van der Waals surface area contributed by atoms with Gasteiger partial charge in [0.15, 0.2) is 0 Å². The molecule has 0 radical (unpaired) electrons. The average molecular weight is 384 g/mol. The van der Waals surface area contributed by atoms with E-state index in [4.69, 9.17) is 9.47 Å². The molecule has 0 bridgehead atoms. The summed E-state index contributed by atoms with van der Waals surface area (Å²) in [6, 6.07) is 18.4. The van der Waals surface area contributed by atoms with E-state index in [1.54, 1.807) is 0 Å². The molecule has 4 heteroatoms. The summed E-state index contributed by atoms with van der Waals surface area (Å²) in [6.45, 7) is 8.92. The summed E-state index contributed by atoms with van der Waals surface area (Å²) in [4.78, 5) is 2.41. The average Bonchev–Trinajstić information content (AvgIpc) is 2.74. The van der Waals surface area contributed by atoms with E-state index in [1.165, 1.54) is 5.56 Å². The SMILES string of the molecule is CCC[C@](O)(c1ccc(OCC)cc1)[C@H](CN1CCOCC1)c1ccccc1. The summed E-state index contributed by atoms with van der Waals surface area (Å²) >= 11 is 0. The number of hydrogen-bond acceptors (Lipinski definition) is 4. The molecule has 1 heterocycles. The van der Waals surface area contributed by atoms with Gasteiger partial charge in [-0.25, -0.2) is 0 Å². The highest BCUT2D eigenvalue weighted by Crippen LogP contribution is 2.42. The molecule has 3 rings (SSSR count). The Labute approximate surface area is 169 Å². The monoisotopic (exact) mass is 383 g/mol. The molecule has 0 saturated carbocycles. The Morgan fingerprint density at radius 3 is 2.32 bits per heavy atom. The van der Waals surface area contributed by atoms with Crippen LogP contribution in [-0.2, 0) is 10.3 Å². The lowest BCUT2D eigenvalue weighted by Crippen LogP contribution is -2.45. The Kier molecular flexibility index (Phi) is 7.49. The van der Waals surface area contributed by atoms with E-state index < -0.39 is 5.60 Å². The zero-order valence-corrected chi connectivity index (χ0v) is 17.1. The highest BCUT2D eigenvalue weighted by Gasteiger charge is 2.39. The van der Waals surface area contributed by atoms with E-state index in [0.717, 1.165) is 50.6 Å². The lowest BCUT2D eigenvalue weighted by Gasteiger charge is -2.41. The maximum absolute atomic E-state index is 12.0. The quantitative estimate of drug-likeness (QED) is 0.705. The van der Waals surface area contributed by atoms with Crippen LogP contribution in [0.2, 0.25) is 0 Å². The Morgan fingerprint density at radius 1 is 1.04 bits per heavy atom. The summed E-state index contributed by atoms with van der Waals surface area (Å²) in [5.74, 6) is 0.833. The second kappa shape index (κ2) is 10.1. The first-order valence-corrected chi connectivity index (χ1v) is 10.5. The van der Waals surface area contributed by atoms with Crippen LogP contribution in [0.4, 0.5) is 0 Å². The number of aliphatic hydroxyl groups is 1. The number of benzene rings is 2. The molecule has 0 unspecified atom stereocenters. The van der Waals surface area contributed by atoms with Crippen molar-refractivity contribution in [3.63, 3.8) is 0 Å². The molecule has 2 aromatic carbocycles. The van der Waals surface area contributed by atoms with Crippen molar-refractivity contribution in [2.24, 2.45) is 0 Å². The van der Waals surface area contributed by atoms with Gasteiger partial charge in [-0.1, -0.05) is 55.8 Å². The standard InChI is InChI=1S/C24H33NO3/c1-3-14-24(26,21-10-12-22(13-11-21)28-4-2)23(20-8-6-5-7-9-20)19-25-15-17-27-18-16-25/h5-13,23,26H,3-4,14-19H2,1-2H3/t23-,24+/m1/s1. The second-order valence-electron chi connectivity index (χ2n) is 7.51. The van der Waals surface area contributed by atoms with Crippen LogP contribution < -0.4 is 4.74 Å². The first-order valence-electron chi connectivity index (χ1n) is 10.5. The van der Waals surface area contributed by atoms with Crippen molar-refractivity contribution in [3.05, 3.63) is 65.7 Å². The van der Waals surface area contributed by atoms with Crippen molar-refractivity contribution in [1.82, 2.24) is 4.90 Å². The van der Waals surface area contributed by atoms with Crippen molar-refractivity contribution in [2.45, 2.75) is 38.2 Å². The Bertz CT molecular complexity index is 698. The largest absolute Gasteiger partial charge is 0.494 e. The first kappa shape index (κ1) is 20.8. The van der Waals surface area contributed by atoms with Gasteiger partial charge < -0.3 is 14.6 Å². The second-order valence-corrected chi connectivity index (χ2v) is 7.51. The van der Waals surface area contributed by atoms with Gasteiger partial charge in [0.05, 0.1) is 25.4 Å². The van der Waals surface area contributed by atoms with Gasteiger partial charge in [-0.05, 0) is 36.6 Å². The van der Waals surface area contributed by atoms with Gasteiger partial charge in [0.1, 0.15) is 5.75 Å². The maximum Gasteiger partial charge on any atom is 0.119 e. The molecule has 0 spiro atoms. The molecule has 28 heavy (non-hydrogen) atoms. The van der Waals surface area contributed by atoms with Crippen LogP contribution in [0, 0.1) is 0 Å². The molecule has 2 atom stereocenters. The van der Waals surface area contributed by atoms with Crippen LogP contribution in [0.3, 0.4) is 0 Å². The molecule has 0 amide bonds. The van der Waals surface area contributed by atoms with E-state index in [0.29, 0.717) is 13.0 Å². The highest BCUT2D eigenvalue weighted by atomic mass is 16.5. The van der Waals surface area contributed by atoms with Crippen LogP contribution in [-0.4, -0.2) is 49.5 Å². The van der Waals surface area contributed by atoms with Gasteiger partial charge in [0, 0.05) is 25.6 Å². The van der Waals surface area contributed by atoms with Crippen LogP contribution in [0.1, 0.15) is 43.7 Å². The minimum atomic E-state index is -0.931. The Balaban J connectivity index is 1.96. The minimum absolute atomic E-state index is 0.00954. The van der Waals surface area contributed by atoms with Crippen molar-refractivity contribution in [1.29, 1.82) is 0 Å². The van der Waals surface area contributed by atoms with Crippen molar-refractivity contribution in [3.8, 4) is 5.75 Å². The molecule has 1 fully saturated rings. The molecular formula is C24H33NO3.